The summed E-state index contributed by atoms with van der Waals surface area (Å²) in [7, 11) is 0. The Labute approximate surface area is 55.6 Å². The minimum absolute atomic E-state index is 0.0685. The predicted molar refractivity (Wildman–Crippen MR) is 33.4 cm³/mol. The Bertz CT molecular complexity index is 296. The van der Waals surface area contributed by atoms with Crippen LogP contribution in [0.4, 0.5) is 0 Å². The molecule has 0 aliphatic rings. The first-order chi connectivity index (χ1) is 5.11. The summed E-state index contributed by atoms with van der Waals surface area (Å²) in [6.45, 7) is 0. The summed E-state index contributed by atoms with van der Waals surface area (Å²) in [5.41, 5.74) is -0.0685. The highest BCUT2D eigenvalue weighted by Crippen LogP contribution is 1.96. The summed E-state index contributed by atoms with van der Waals surface area (Å²) in [6, 6.07) is 3.84. The van der Waals surface area contributed by atoms with Crippen molar-refractivity contribution in [3.05, 3.63) is 35.8 Å². The van der Waals surface area contributed by atoms with Gasteiger partial charge in [-0.3, -0.25) is 0 Å². The number of carboxylic acid groups (broad SMARTS) is 1. The van der Waals surface area contributed by atoms with Crippen molar-refractivity contribution in [3.8, 4) is 0 Å². The molecule has 0 fully saturated rings. The molecule has 0 saturated heterocycles. The molecule has 0 radical (unpaired) electrons. The number of carboxylic acids is 1. The molecule has 0 unspecified atom stereocenters. The minimum atomic E-state index is -1.13. The Morgan fingerprint density at radius 2 is 2.44 bits per heavy atom. The van der Waals surface area contributed by atoms with Crippen LogP contribution in [-0.4, -0.2) is 11.1 Å². The molecule has 46 valence electrons. The summed E-state index contributed by atoms with van der Waals surface area (Å²) >= 11 is 0. The second-order valence-corrected chi connectivity index (χ2v) is 1.51. The number of benzene rings is 1. The van der Waals surface area contributed by atoms with E-state index in [1.54, 1.807) is 0 Å². The molecule has 0 spiro atoms. The summed E-state index contributed by atoms with van der Waals surface area (Å²) in [4.78, 5) is 10.4. The van der Waals surface area contributed by atoms with Gasteiger partial charge in [0.05, 0.1) is 8.30 Å². The molecular formula is C7H6O2. The van der Waals surface area contributed by atoms with Gasteiger partial charge in [-0.05, 0) is 12.1 Å². The third-order valence-corrected chi connectivity index (χ3v) is 0.888. The lowest BCUT2D eigenvalue weighted by Gasteiger charge is -1.88. The standard InChI is InChI=1S/C7H6O2/c8-7(9)6-4-2-1-3-5-6/h1-5H,(H,8,9)/i1D,4D. The third-order valence-electron chi connectivity index (χ3n) is 0.888. The van der Waals surface area contributed by atoms with Crippen LogP contribution in [0.5, 0.6) is 0 Å². The van der Waals surface area contributed by atoms with Crippen molar-refractivity contribution in [3.63, 3.8) is 0 Å². The smallest absolute Gasteiger partial charge is 0.335 e. The van der Waals surface area contributed by atoms with E-state index in [9.17, 15) is 4.79 Å². The summed E-state index contributed by atoms with van der Waals surface area (Å²) in [5.74, 6) is -1.13. The average Bonchev–Trinajstić information content (AvgIpc) is 1.85. The van der Waals surface area contributed by atoms with Gasteiger partial charge < -0.3 is 5.11 Å². The fraction of sp³-hybridized carbons (Fsp3) is 0. The highest BCUT2D eigenvalue weighted by Gasteiger charge is 1.96. The zero-order valence-corrected chi connectivity index (χ0v) is 4.59. The number of hydrogen-bond acceptors (Lipinski definition) is 1. The molecule has 0 saturated carbocycles. The summed E-state index contributed by atoms with van der Waals surface area (Å²) in [5, 5.41) is 8.48. The molecule has 1 aromatic rings. The minimum Gasteiger partial charge on any atom is -0.478 e. The number of rotatable bonds is 1. The Hall–Kier alpha value is -1.31. The molecule has 1 aromatic carbocycles. The second-order valence-electron chi connectivity index (χ2n) is 1.51. The van der Waals surface area contributed by atoms with Crippen LogP contribution in [0.3, 0.4) is 0 Å². The third kappa shape index (κ3) is 1.29. The quantitative estimate of drug-likeness (QED) is 0.614. The second kappa shape index (κ2) is 2.31. The highest BCUT2D eigenvalue weighted by molar-refractivity contribution is 5.87. The molecule has 2 heteroatoms. The molecule has 0 atom stereocenters. The molecule has 9 heavy (non-hydrogen) atoms. The first kappa shape index (κ1) is 3.67. The van der Waals surface area contributed by atoms with Crippen LogP contribution < -0.4 is 0 Å². The van der Waals surface area contributed by atoms with E-state index in [-0.39, 0.29) is 17.6 Å². The highest BCUT2D eigenvalue weighted by atomic mass is 16.4. The Balaban J connectivity index is 3.20. The number of hydrogen-bond donors (Lipinski definition) is 1. The lowest BCUT2D eigenvalue weighted by atomic mass is 10.2. The summed E-state index contributed by atoms with van der Waals surface area (Å²) < 4.78 is 14.2. The molecule has 0 aromatic heterocycles. The van der Waals surface area contributed by atoms with Gasteiger partial charge >= 0.3 is 5.97 Å². The van der Waals surface area contributed by atoms with Gasteiger partial charge in [-0.15, -0.1) is 0 Å². The van der Waals surface area contributed by atoms with Crippen LogP contribution in [-0.2, 0) is 0 Å². The van der Waals surface area contributed by atoms with E-state index in [0.717, 1.165) is 0 Å². The van der Waals surface area contributed by atoms with Gasteiger partial charge in [-0.25, -0.2) is 4.79 Å². The van der Waals surface area contributed by atoms with Gasteiger partial charge in [0.2, 0.25) is 0 Å². The Morgan fingerprint density at radius 1 is 1.67 bits per heavy atom. The van der Waals surface area contributed by atoms with Crippen LogP contribution in [0.15, 0.2) is 30.3 Å². The van der Waals surface area contributed by atoms with Gasteiger partial charge in [0.15, 0.2) is 0 Å². The van der Waals surface area contributed by atoms with E-state index in [1.807, 2.05) is 0 Å². The molecule has 0 heterocycles. The van der Waals surface area contributed by atoms with Gasteiger partial charge in [-0.1, -0.05) is 18.2 Å². The van der Waals surface area contributed by atoms with Crippen molar-refractivity contribution in [2.45, 2.75) is 0 Å². The van der Waals surface area contributed by atoms with E-state index in [0.29, 0.717) is 0 Å². The van der Waals surface area contributed by atoms with Crippen LogP contribution in [0, 0.1) is 0 Å². The Morgan fingerprint density at radius 3 is 3.00 bits per heavy atom. The van der Waals surface area contributed by atoms with Crippen LogP contribution in [0.2, 0.25) is 0 Å². The normalized spacial score (nSPS) is 12.0. The fourth-order valence-electron chi connectivity index (χ4n) is 0.480. The van der Waals surface area contributed by atoms with Gasteiger partial charge in [0.1, 0.15) is 0 Å². The maximum atomic E-state index is 10.4. The fourth-order valence-corrected chi connectivity index (χ4v) is 0.480. The molecule has 1 N–H and O–H groups in total. The van der Waals surface area contributed by atoms with E-state index in [2.05, 4.69) is 0 Å². The van der Waals surface area contributed by atoms with Crippen LogP contribution >= 0.6 is 0 Å². The summed E-state index contributed by atoms with van der Waals surface area (Å²) in [6.07, 6.45) is 0. The van der Waals surface area contributed by atoms with Gasteiger partial charge in [0, 0.05) is 0 Å². The van der Waals surface area contributed by atoms with Crippen LogP contribution in [0.25, 0.3) is 0 Å². The van der Waals surface area contributed by atoms with E-state index < -0.39 is 5.97 Å². The molecule has 0 aliphatic heterocycles. The topological polar surface area (TPSA) is 37.3 Å². The predicted octanol–water partition coefficient (Wildman–Crippen LogP) is 1.38. The average molecular weight is 124 g/mol. The van der Waals surface area contributed by atoms with E-state index in [4.69, 9.17) is 7.85 Å². The van der Waals surface area contributed by atoms with Crippen molar-refractivity contribution < 1.29 is 12.6 Å². The van der Waals surface area contributed by atoms with Crippen molar-refractivity contribution in [1.29, 1.82) is 0 Å². The van der Waals surface area contributed by atoms with Crippen molar-refractivity contribution in [1.82, 2.24) is 0 Å². The number of aromatic carboxylic acids is 1. The van der Waals surface area contributed by atoms with Gasteiger partial charge in [-0.2, -0.15) is 0 Å². The monoisotopic (exact) mass is 124 g/mol. The zero-order chi connectivity index (χ0) is 8.43. The zero-order valence-electron chi connectivity index (χ0n) is 6.59. The molecule has 0 amide bonds. The van der Waals surface area contributed by atoms with Crippen molar-refractivity contribution in [2.24, 2.45) is 0 Å². The van der Waals surface area contributed by atoms with Crippen molar-refractivity contribution in [2.75, 3.05) is 0 Å². The first-order valence-electron chi connectivity index (χ1n) is 3.42. The molecule has 1 rings (SSSR count). The number of carbonyl (C=O) groups is 1. The van der Waals surface area contributed by atoms with Crippen LogP contribution in [0.1, 0.15) is 13.1 Å². The van der Waals surface area contributed by atoms with E-state index >= 15 is 0 Å². The molecule has 2 nitrogen and oxygen atoms in total. The lowest BCUT2D eigenvalue weighted by molar-refractivity contribution is 0.0697. The van der Waals surface area contributed by atoms with Gasteiger partial charge in [0.25, 0.3) is 0 Å². The molecule has 0 bridgehead atoms. The molecular weight excluding hydrogens is 116 g/mol. The largest absolute Gasteiger partial charge is 0.478 e. The lowest BCUT2D eigenvalue weighted by Crippen LogP contribution is -1.93. The maximum Gasteiger partial charge on any atom is 0.335 e. The maximum absolute atomic E-state index is 10.4. The van der Waals surface area contributed by atoms with E-state index in [1.165, 1.54) is 18.2 Å². The van der Waals surface area contributed by atoms with Crippen molar-refractivity contribution >= 4 is 5.97 Å². The Kier molecular flexibility index (Phi) is 0.939. The first-order valence-corrected chi connectivity index (χ1v) is 2.42. The molecule has 0 aliphatic carbocycles. The SMILES string of the molecule is [2H]c1ccc(C(=O)O)c([2H])c1.